The maximum atomic E-state index is 14.1. The number of hydrogen-bond acceptors (Lipinski definition) is 12. The van der Waals surface area contributed by atoms with E-state index in [1.54, 1.807) is 47.5 Å². The van der Waals surface area contributed by atoms with Crippen LogP contribution in [0.25, 0.3) is 0 Å². The first kappa shape index (κ1) is 48.6. The zero-order chi connectivity index (χ0) is 50.6. The van der Waals surface area contributed by atoms with Gasteiger partial charge in [0.1, 0.15) is 25.3 Å². The Morgan fingerprint density at radius 2 is 1.31 bits per heavy atom. The Balaban J connectivity index is 0.939. The molecular formula is C54H55N7O11. The number of methoxy groups -OCH3 is 2. The van der Waals surface area contributed by atoms with Gasteiger partial charge in [0.15, 0.2) is 23.0 Å². The molecule has 0 radical (unpaired) electrons. The number of carbonyl (C=O) groups is 6. The van der Waals surface area contributed by atoms with Crippen LogP contribution in [0, 0.1) is 0 Å². The molecule has 18 heteroatoms. The van der Waals surface area contributed by atoms with Crippen LogP contribution in [0.5, 0.6) is 23.0 Å². The van der Waals surface area contributed by atoms with Gasteiger partial charge in [-0.2, -0.15) is 0 Å². The number of anilines is 4. The third-order valence-electron chi connectivity index (χ3n) is 13.2. The number of carboxylic acid groups (broad SMARTS) is 1. The SMILES string of the molecule is COc1cc2c(cc1OCc1cc(COc3cc4c(cc3OC)C(=O)N3c5ccccc5C[C@H]3CN4)cc(NC(=O)[C@@H](C)NC(=O)[C@H](C)NC(=O)CCCCC(=O)O)c1)N=C[C@@H]1Cc3ccccc3N1C2=O. The van der Waals surface area contributed by atoms with Gasteiger partial charge in [-0.3, -0.25) is 38.7 Å². The van der Waals surface area contributed by atoms with E-state index in [1.165, 1.54) is 28.1 Å². The highest BCUT2D eigenvalue weighted by molar-refractivity contribution is 6.15. The summed E-state index contributed by atoms with van der Waals surface area (Å²) >= 11 is 0. The summed E-state index contributed by atoms with van der Waals surface area (Å²) in [4.78, 5) is 86.5. The fourth-order valence-corrected chi connectivity index (χ4v) is 9.52. The van der Waals surface area contributed by atoms with Gasteiger partial charge in [0.25, 0.3) is 11.8 Å². The van der Waals surface area contributed by atoms with Gasteiger partial charge in [-0.1, -0.05) is 36.4 Å². The Hall–Kier alpha value is -8.41. The molecule has 0 aliphatic carbocycles. The van der Waals surface area contributed by atoms with E-state index in [-0.39, 0.29) is 50.0 Å². The molecule has 4 heterocycles. The van der Waals surface area contributed by atoms with Crippen molar-refractivity contribution in [3.63, 3.8) is 0 Å². The predicted octanol–water partition coefficient (Wildman–Crippen LogP) is 6.74. The van der Waals surface area contributed by atoms with Crippen molar-refractivity contribution in [2.45, 2.75) is 89.8 Å². The van der Waals surface area contributed by atoms with Crippen molar-refractivity contribution in [3.8, 4) is 23.0 Å². The maximum absolute atomic E-state index is 14.1. The molecule has 0 saturated carbocycles. The van der Waals surface area contributed by atoms with Gasteiger partial charge in [-0.05, 0) is 97.8 Å². The summed E-state index contributed by atoms with van der Waals surface area (Å²) < 4.78 is 24.3. The summed E-state index contributed by atoms with van der Waals surface area (Å²) in [6, 6.07) is 25.4. The van der Waals surface area contributed by atoms with E-state index in [0.717, 1.165) is 28.9 Å². The number of ether oxygens (including phenoxy) is 4. The zero-order valence-electron chi connectivity index (χ0n) is 40.3. The van der Waals surface area contributed by atoms with Gasteiger partial charge in [0.2, 0.25) is 17.7 Å². The molecule has 4 atom stereocenters. The molecular weight excluding hydrogens is 923 g/mol. The second-order valence-corrected chi connectivity index (χ2v) is 18.2. The van der Waals surface area contributed by atoms with Crippen molar-refractivity contribution in [2.24, 2.45) is 4.99 Å². The fraction of sp³-hybridized carbons (Fsp3) is 0.315. The van der Waals surface area contributed by atoms with Crippen LogP contribution in [-0.4, -0.2) is 91.8 Å². The third-order valence-corrected chi connectivity index (χ3v) is 13.2. The minimum atomic E-state index is -1.04. The molecule has 9 rings (SSSR count). The molecule has 0 unspecified atom stereocenters. The minimum absolute atomic E-state index is 0.0124. The van der Waals surface area contributed by atoms with Crippen LogP contribution in [0.1, 0.15) is 82.5 Å². The number of para-hydroxylation sites is 2. The number of carboxylic acids is 1. The van der Waals surface area contributed by atoms with Crippen LogP contribution in [0.15, 0.2) is 96.0 Å². The van der Waals surface area contributed by atoms with Gasteiger partial charge in [0, 0.05) is 61.2 Å². The quantitative estimate of drug-likeness (QED) is 0.0576. The minimum Gasteiger partial charge on any atom is -0.493 e. The Morgan fingerprint density at radius 3 is 1.99 bits per heavy atom. The molecule has 4 aliphatic rings. The number of rotatable bonds is 18. The average molecular weight is 978 g/mol. The number of fused-ring (bicyclic) bond motifs is 8. The number of benzene rings is 5. The first-order valence-corrected chi connectivity index (χ1v) is 23.8. The highest BCUT2D eigenvalue weighted by atomic mass is 16.5. The van der Waals surface area contributed by atoms with E-state index in [2.05, 4.69) is 21.3 Å². The van der Waals surface area contributed by atoms with E-state index in [1.807, 2.05) is 59.5 Å². The molecule has 72 heavy (non-hydrogen) atoms. The predicted molar refractivity (Wildman–Crippen MR) is 269 cm³/mol. The highest BCUT2D eigenvalue weighted by Crippen LogP contribution is 2.43. The molecule has 0 bridgehead atoms. The van der Waals surface area contributed by atoms with Gasteiger partial charge in [-0.15, -0.1) is 0 Å². The van der Waals surface area contributed by atoms with Crippen molar-refractivity contribution < 1.29 is 52.8 Å². The molecule has 5 amide bonds. The Labute approximate surface area is 415 Å². The summed E-state index contributed by atoms with van der Waals surface area (Å²) in [5.74, 6) is -1.49. The molecule has 0 aromatic heterocycles. The Bertz CT molecular complexity index is 3010. The molecule has 18 nitrogen and oxygen atoms in total. The van der Waals surface area contributed by atoms with E-state index in [0.29, 0.717) is 88.1 Å². The van der Waals surface area contributed by atoms with Gasteiger partial charge in [-0.25, -0.2) is 0 Å². The van der Waals surface area contributed by atoms with Crippen LogP contribution < -0.4 is 50.0 Å². The lowest BCUT2D eigenvalue weighted by molar-refractivity contribution is -0.137. The Morgan fingerprint density at radius 1 is 0.708 bits per heavy atom. The number of aliphatic imine (C=N–C) groups is 1. The molecule has 5 aromatic rings. The van der Waals surface area contributed by atoms with Crippen molar-refractivity contribution in [2.75, 3.05) is 41.2 Å². The van der Waals surface area contributed by atoms with E-state index >= 15 is 0 Å². The van der Waals surface area contributed by atoms with Gasteiger partial charge in [0.05, 0.1) is 48.8 Å². The number of hydrogen-bond donors (Lipinski definition) is 5. The van der Waals surface area contributed by atoms with Crippen molar-refractivity contribution >= 4 is 70.2 Å². The van der Waals surface area contributed by atoms with Crippen LogP contribution in [0.3, 0.4) is 0 Å². The van der Waals surface area contributed by atoms with Crippen molar-refractivity contribution in [1.82, 2.24) is 10.6 Å². The number of amides is 5. The summed E-state index contributed by atoms with van der Waals surface area (Å²) in [5.41, 5.74) is 7.34. The summed E-state index contributed by atoms with van der Waals surface area (Å²) in [5, 5.41) is 20.4. The van der Waals surface area contributed by atoms with Crippen LogP contribution in [0.4, 0.5) is 28.4 Å². The largest absolute Gasteiger partial charge is 0.493 e. The fourth-order valence-electron chi connectivity index (χ4n) is 9.52. The first-order chi connectivity index (χ1) is 34.8. The molecule has 0 fully saturated rings. The standard InChI is InChI=1S/C54H55N7O11/c1-30(57-49(62)15-9-10-16-50(63)64)51(65)58-31(2)52(66)59-36-18-32(28-71-47-24-41-39(22-45(47)69-3)53(67)60-37(26-55-41)20-34-11-5-7-13-43(34)60)17-33(19-36)29-72-48-25-42-40(23-46(48)70-4)54(68)61-38(27-56-42)21-35-12-6-8-14-44(35)61/h5-8,11-14,17-19,22-26,30-31,37-38,56H,9-10,15-16,20-21,27-29H2,1-4H3,(H,57,62)(H,58,65)(H,59,66)(H,63,64)/t30-,31+,37-,38-/m0/s1. The molecule has 5 N–H and O–H groups in total. The topological polar surface area (TPSA) is 227 Å². The number of aliphatic carboxylic acids is 1. The van der Waals surface area contributed by atoms with Gasteiger partial charge >= 0.3 is 5.97 Å². The second-order valence-electron chi connectivity index (χ2n) is 18.2. The highest BCUT2D eigenvalue weighted by Gasteiger charge is 2.39. The number of nitrogens with zero attached hydrogens (tertiary/aromatic N) is 3. The summed E-state index contributed by atoms with van der Waals surface area (Å²) in [6.07, 6.45) is 3.82. The van der Waals surface area contributed by atoms with Crippen LogP contribution >= 0.6 is 0 Å². The molecule has 5 aromatic carbocycles. The Kier molecular flexibility index (Phi) is 14.1. The van der Waals surface area contributed by atoms with Gasteiger partial charge < -0.3 is 50.2 Å². The van der Waals surface area contributed by atoms with E-state index in [9.17, 15) is 28.8 Å². The number of carbonyl (C=O) groups excluding carboxylic acids is 5. The normalized spacial score (nSPS) is 16.7. The zero-order valence-corrected chi connectivity index (χ0v) is 40.3. The maximum Gasteiger partial charge on any atom is 0.303 e. The van der Waals surface area contributed by atoms with Crippen molar-refractivity contribution in [3.05, 3.63) is 124 Å². The second kappa shape index (κ2) is 20.9. The van der Waals surface area contributed by atoms with E-state index in [4.69, 9.17) is 29.0 Å². The molecule has 372 valence electrons. The third kappa shape index (κ3) is 10.2. The molecule has 4 aliphatic heterocycles. The van der Waals surface area contributed by atoms with Crippen LogP contribution in [-0.2, 0) is 45.2 Å². The smallest absolute Gasteiger partial charge is 0.303 e. The van der Waals surface area contributed by atoms with Crippen molar-refractivity contribution in [1.29, 1.82) is 0 Å². The first-order valence-electron chi connectivity index (χ1n) is 23.8. The lowest BCUT2D eigenvalue weighted by atomic mass is 10.1. The van der Waals surface area contributed by atoms with Crippen LogP contribution in [0.2, 0.25) is 0 Å². The number of unbranched alkanes of at least 4 members (excludes halogenated alkanes) is 1. The summed E-state index contributed by atoms with van der Waals surface area (Å²) in [7, 11) is 2.99. The summed E-state index contributed by atoms with van der Waals surface area (Å²) in [6.45, 7) is 3.49. The lowest BCUT2D eigenvalue weighted by Gasteiger charge is -2.22. The van der Waals surface area contributed by atoms with E-state index < -0.39 is 35.8 Å². The average Bonchev–Trinajstić information content (AvgIpc) is 3.86. The number of nitrogens with one attached hydrogen (secondary N) is 4. The lowest BCUT2D eigenvalue weighted by Crippen LogP contribution is -2.50. The molecule has 0 saturated heterocycles. The molecule has 0 spiro atoms. The monoisotopic (exact) mass is 977 g/mol.